The molecule has 0 saturated carbocycles. The summed E-state index contributed by atoms with van der Waals surface area (Å²) >= 11 is 0. The molecule has 7 heteroatoms. The van der Waals surface area contributed by atoms with Crippen LogP contribution >= 0.6 is 0 Å². The Morgan fingerprint density at radius 3 is 2.81 bits per heavy atom. The lowest BCUT2D eigenvalue weighted by atomic mass is 10.0. The first-order valence-electron chi connectivity index (χ1n) is 9.99. The zero-order valence-electron chi connectivity index (χ0n) is 16.7. The highest BCUT2D eigenvalue weighted by Crippen LogP contribution is 2.14. The molecule has 1 fully saturated rings. The fraction of sp³-hybridized carbons (Fsp3) is 0.700. The molecule has 1 aromatic rings. The number of ether oxygens (including phenoxy) is 3. The predicted molar refractivity (Wildman–Crippen MR) is 107 cm³/mol. The molecule has 1 saturated heterocycles. The topological polar surface area (TPSA) is 77.0 Å². The summed E-state index contributed by atoms with van der Waals surface area (Å²) in [6, 6.07) is 3.92. The van der Waals surface area contributed by atoms with E-state index in [9.17, 15) is 0 Å². The Balaban J connectivity index is 1.54. The zero-order chi connectivity index (χ0) is 19.2. The van der Waals surface area contributed by atoms with Crippen LogP contribution < -0.4 is 15.4 Å². The van der Waals surface area contributed by atoms with Crippen molar-refractivity contribution < 1.29 is 14.2 Å². The number of hydrogen-bond acceptors (Lipinski definition) is 5. The van der Waals surface area contributed by atoms with E-state index in [2.05, 4.69) is 27.5 Å². The summed E-state index contributed by atoms with van der Waals surface area (Å²) in [5.41, 5.74) is 1.08. The fourth-order valence-electron chi connectivity index (χ4n) is 2.76. The molecular formula is C20H34N4O3. The van der Waals surface area contributed by atoms with Crippen LogP contribution in [0.5, 0.6) is 5.88 Å². The third kappa shape index (κ3) is 9.06. The molecular weight excluding hydrogens is 344 g/mol. The van der Waals surface area contributed by atoms with Crippen LogP contribution in [0.25, 0.3) is 0 Å². The van der Waals surface area contributed by atoms with Crippen LogP contribution in [0.4, 0.5) is 0 Å². The summed E-state index contributed by atoms with van der Waals surface area (Å²) in [6.45, 7) is 7.64. The quantitative estimate of drug-likeness (QED) is 0.350. The second kappa shape index (κ2) is 13.3. The third-order valence-electron chi connectivity index (χ3n) is 4.39. The molecule has 27 heavy (non-hydrogen) atoms. The van der Waals surface area contributed by atoms with Gasteiger partial charge in [0.2, 0.25) is 5.88 Å². The summed E-state index contributed by atoms with van der Waals surface area (Å²) in [5.74, 6) is 2.11. The van der Waals surface area contributed by atoms with E-state index >= 15 is 0 Å². The molecule has 1 aliphatic rings. The monoisotopic (exact) mass is 378 g/mol. The number of pyridine rings is 1. The molecule has 2 heterocycles. The maximum atomic E-state index is 5.78. The second-order valence-electron chi connectivity index (χ2n) is 6.69. The molecule has 1 aromatic heterocycles. The minimum atomic E-state index is 0.661. The maximum Gasteiger partial charge on any atom is 0.213 e. The first-order valence-corrected chi connectivity index (χ1v) is 9.99. The van der Waals surface area contributed by atoms with Crippen molar-refractivity contribution >= 4 is 5.96 Å². The van der Waals surface area contributed by atoms with Crippen molar-refractivity contribution in [3.8, 4) is 5.88 Å². The summed E-state index contributed by atoms with van der Waals surface area (Å²) in [5, 5.41) is 6.61. The molecule has 0 radical (unpaired) electrons. The lowest BCUT2D eigenvalue weighted by molar-refractivity contribution is 0.0203. The van der Waals surface area contributed by atoms with Gasteiger partial charge in [0.05, 0.1) is 6.61 Å². The molecule has 0 bridgehead atoms. The van der Waals surface area contributed by atoms with Gasteiger partial charge in [0.25, 0.3) is 0 Å². The Hall–Kier alpha value is -1.86. The molecule has 0 aliphatic carbocycles. The standard InChI is InChI=1S/C20H34N4O3/c1-3-10-27-19-6-5-18(14-23-19)15-24-20(21-2)22-9-4-11-26-16-17-7-12-25-13-8-17/h5-6,14,17H,3-4,7-13,15-16H2,1-2H3,(H2,21,22,24). The first-order chi connectivity index (χ1) is 13.3. The predicted octanol–water partition coefficient (Wildman–Crippen LogP) is 2.37. The van der Waals surface area contributed by atoms with Crippen molar-refractivity contribution in [2.45, 2.75) is 39.2 Å². The van der Waals surface area contributed by atoms with E-state index in [0.717, 1.165) is 70.2 Å². The van der Waals surface area contributed by atoms with E-state index in [0.29, 0.717) is 24.9 Å². The van der Waals surface area contributed by atoms with E-state index < -0.39 is 0 Å². The van der Waals surface area contributed by atoms with Crippen LogP contribution in [-0.4, -0.2) is 57.6 Å². The third-order valence-corrected chi connectivity index (χ3v) is 4.39. The molecule has 0 amide bonds. The van der Waals surface area contributed by atoms with Gasteiger partial charge in [-0.05, 0) is 37.2 Å². The van der Waals surface area contributed by atoms with E-state index in [1.54, 1.807) is 7.05 Å². The zero-order valence-corrected chi connectivity index (χ0v) is 16.7. The number of nitrogens with zero attached hydrogens (tertiary/aromatic N) is 2. The van der Waals surface area contributed by atoms with E-state index in [4.69, 9.17) is 14.2 Å². The summed E-state index contributed by atoms with van der Waals surface area (Å²) in [7, 11) is 1.77. The van der Waals surface area contributed by atoms with Crippen molar-refractivity contribution in [3.63, 3.8) is 0 Å². The lowest BCUT2D eigenvalue weighted by Gasteiger charge is -2.21. The Kier molecular flexibility index (Phi) is 10.6. The van der Waals surface area contributed by atoms with Gasteiger partial charge in [-0.3, -0.25) is 4.99 Å². The molecule has 7 nitrogen and oxygen atoms in total. The van der Waals surface area contributed by atoms with Crippen LogP contribution in [0.3, 0.4) is 0 Å². The highest BCUT2D eigenvalue weighted by Gasteiger charge is 2.13. The van der Waals surface area contributed by atoms with Crippen molar-refractivity contribution in [1.82, 2.24) is 15.6 Å². The number of aromatic nitrogens is 1. The van der Waals surface area contributed by atoms with E-state index in [1.165, 1.54) is 0 Å². The number of guanidine groups is 1. The van der Waals surface area contributed by atoms with Gasteiger partial charge in [-0.15, -0.1) is 0 Å². The minimum Gasteiger partial charge on any atom is -0.478 e. The van der Waals surface area contributed by atoms with Crippen LogP contribution in [-0.2, 0) is 16.0 Å². The van der Waals surface area contributed by atoms with Gasteiger partial charge in [-0.1, -0.05) is 13.0 Å². The van der Waals surface area contributed by atoms with Gasteiger partial charge < -0.3 is 24.8 Å². The molecule has 0 unspecified atom stereocenters. The van der Waals surface area contributed by atoms with Crippen molar-refractivity contribution in [3.05, 3.63) is 23.9 Å². The Bertz CT molecular complexity index is 531. The Morgan fingerprint density at radius 2 is 2.11 bits per heavy atom. The van der Waals surface area contributed by atoms with Gasteiger partial charge in [0.1, 0.15) is 0 Å². The summed E-state index contributed by atoms with van der Waals surface area (Å²) in [6.07, 6.45) is 6.00. The number of rotatable bonds is 11. The lowest BCUT2D eigenvalue weighted by Crippen LogP contribution is -2.37. The molecule has 0 aromatic carbocycles. The van der Waals surface area contributed by atoms with Crippen LogP contribution in [0.2, 0.25) is 0 Å². The van der Waals surface area contributed by atoms with Gasteiger partial charge in [0, 0.05) is 58.8 Å². The average Bonchev–Trinajstić information content (AvgIpc) is 2.72. The summed E-state index contributed by atoms with van der Waals surface area (Å²) in [4.78, 5) is 8.55. The molecule has 2 N–H and O–H groups in total. The van der Waals surface area contributed by atoms with Crippen molar-refractivity contribution in [2.75, 3.05) is 46.6 Å². The largest absolute Gasteiger partial charge is 0.478 e. The van der Waals surface area contributed by atoms with E-state index in [1.807, 2.05) is 18.3 Å². The van der Waals surface area contributed by atoms with Gasteiger partial charge >= 0.3 is 0 Å². The average molecular weight is 379 g/mol. The van der Waals surface area contributed by atoms with Crippen LogP contribution in [0.1, 0.15) is 38.2 Å². The number of nitrogens with one attached hydrogen (secondary N) is 2. The first kappa shape index (κ1) is 21.4. The maximum absolute atomic E-state index is 5.78. The molecule has 152 valence electrons. The van der Waals surface area contributed by atoms with Gasteiger partial charge in [0.15, 0.2) is 5.96 Å². The highest BCUT2D eigenvalue weighted by molar-refractivity contribution is 5.79. The summed E-state index contributed by atoms with van der Waals surface area (Å²) < 4.78 is 16.6. The van der Waals surface area contributed by atoms with Gasteiger partial charge in [-0.25, -0.2) is 4.98 Å². The molecule has 2 rings (SSSR count). The van der Waals surface area contributed by atoms with Crippen molar-refractivity contribution in [1.29, 1.82) is 0 Å². The number of aliphatic imine (C=N–C) groups is 1. The molecule has 1 aliphatic heterocycles. The molecule has 0 spiro atoms. The smallest absolute Gasteiger partial charge is 0.213 e. The van der Waals surface area contributed by atoms with Crippen LogP contribution in [0.15, 0.2) is 23.3 Å². The normalized spacial score (nSPS) is 15.6. The van der Waals surface area contributed by atoms with E-state index in [-0.39, 0.29) is 0 Å². The fourth-order valence-corrected chi connectivity index (χ4v) is 2.76. The van der Waals surface area contributed by atoms with Crippen molar-refractivity contribution in [2.24, 2.45) is 10.9 Å². The SMILES string of the molecule is CCCOc1ccc(CNC(=NC)NCCCOCC2CCOCC2)cn1. The second-order valence-corrected chi connectivity index (χ2v) is 6.69. The highest BCUT2D eigenvalue weighted by atomic mass is 16.5. The van der Waals surface area contributed by atoms with Crippen LogP contribution in [0, 0.1) is 5.92 Å². The number of hydrogen-bond donors (Lipinski definition) is 2. The minimum absolute atomic E-state index is 0.661. The Labute approximate surface area is 162 Å². The van der Waals surface area contributed by atoms with Gasteiger partial charge in [-0.2, -0.15) is 0 Å². The Morgan fingerprint density at radius 1 is 1.26 bits per heavy atom. The molecule has 0 atom stereocenters.